The lowest BCUT2D eigenvalue weighted by atomic mass is 10.1. The molecule has 10 heteroatoms. The lowest BCUT2D eigenvalue weighted by Crippen LogP contribution is -2.43. The monoisotopic (exact) mass is 532 g/mol. The van der Waals surface area contributed by atoms with Gasteiger partial charge < -0.3 is 19.1 Å². The van der Waals surface area contributed by atoms with Crippen molar-refractivity contribution in [2.75, 3.05) is 20.3 Å². The third-order valence-corrected chi connectivity index (χ3v) is 7.78. The number of rotatable bonds is 7. The normalized spacial score (nSPS) is 18.0. The number of likely N-dealkylation sites (tertiary alicyclic amines) is 1. The van der Waals surface area contributed by atoms with Crippen molar-refractivity contribution in [1.82, 2.24) is 9.62 Å². The van der Waals surface area contributed by atoms with E-state index in [0.29, 0.717) is 28.9 Å². The predicted octanol–water partition coefficient (Wildman–Crippen LogP) is 4.13. The highest BCUT2D eigenvalue weighted by atomic mass is 32.2. The Hall–Kier alpha value is -3.11. The maximum absolute atomic E-state index is 13.3. The molecule has 1 saturated heterocycles. The molecule has 3 rings (SSSR count). The Morgan fingerprint density at radius 3 is 2.19 bits per heavy atom. The van der Waals surface area contributed by atoms with Crippen LogP contribution in [0.15, 0.2) is 41.3 Å². The molecule has 0 aliphatic carbocycles. The molecule has 2 atom stereocenters. The predicted molar refractivity (Wildman–Crippen MR) is 139 cm³/mol. The highest BCUT2D eigenvalue weighted by Crippen LogP contribution is 2.26. The Bertz CT molecular complexity index is 1230. The van der Waals surface area contributed by atoms with Gasteiger partial charge in [0.05, 0.1) is 23.6 Å². The fourth-order valence-corrected chi connectivity index (χ4v) is 6.26. The molecule has 0 spiro atoms. The number of carbonyl (C=O) groups excluding carboxylic acids is 2. The second kappa shape index (κ2) is 11.1. The minimum absolute atomic E-state index is 0.123. The van der Waals surface area contributed by atoms with Crippen molar-refractivity contribution in [3.05, 3.63) is 58.7 Å². The Balaban J connectivity index is 1.78. The molecule has 0 bridgehead atoms. The van der Waals surface area contributed by atoms with Gasteiger partial charge in [-0.15, -0.1) is 0 Å². The van der Waals surface area contributed by atoms with Crippen LogP contribution in [-0.4, -0.2) is 63.3 Å². The van der Waals surface area contributed by atoms with Crippen molar-refractivity contribution >= 4 is 22.1 Å². The molecule has 0 aromatic heterocycles. The van der Waals surface area contributed by atoms with E-state index in [-0.39, 0.29) is 18.0 Å². The number of esters is 1. The SMILES string of the molecule is COC(=O)c1ccc(OC[C@@H]2C[C@H](NS(=O)(=O)c3c(C)cc(C)cc3C)CN2C(=O)OC(C)(C)C)cc1. The van der Waals surface area contributed by atoms with E-state index >= 15 is 0 Å². The molecule has 0 saturated carbocycles. The molecule has 1 fully saturated rings. The van der Waals surface area contributed by atoms with Gasteiger partial charge in [-0.1, -0.05) is 17.7 Å². The van der Waals surface area contributed by atoms with Gasteiger partial charge in [-0.2, -0.15) is 0 Å². The number of sulfonamides is 1. The van der Waals surface area contributed by atoms with Gasteiger partial charge in [-0.05, 0) is 83.4 Å². The number of methoxy groups -OCH3 is 1. The fourth-order valence-electron chi connectivity index (χ4n) is 4.57. The molecule has 1 N–H and O–H groups in total. The highest BCUT2D eigenvalue weighted by molar-refractivity contribution is 7.89. The van der Waals surface area contributed by atoms with Crippen LogP contribution >= 0.6 is 0 Å². The number of amides is 1. The van der Waals surface area contributed by atoms with Gasteiger partial charge >= 0.3 is 12.1 Å². The number of carbonyl (C=O) groups is 2. The number of benzene rings is 2. The first-order valence-electron chi connectivity index (χ1n) is 12.1. The van der Waals surface area contributed by atoms with Crippen LogP contribution in [0.25, 0.3) is 0 Å². The lowest BCUT2D eigenvalue weighted by molar-refractivity contribution is 0.0185. The van der Waals surface area contributed by atoms with Gasteiger partial charge in [0.15, 0.2) is 0 Å². The van der Waals surface area contributed by atoms with Gasteiger partial charge in [0, 0.05) is 12.6 Å². The minimum atomic E-state index is -3.83. The summed E-state index contributed by atoms with van der Waals surface area (Å²) < 4.78 is 45.6. The zero-order valence-electron chi connectivity index (χ0n) is 22.5. The molecule has 0 radical (unpaired) electrons. The maximum atomic E-state index is 13.3. The van der Waals surface area contributed by atoms with Crippen LogP contribution in [0.4, 0.5) is 4.79 Å². The van der Waals surface area contributed by atoms with Gasteiger partial charge in [0.25, 0.3) is 0 Å². The zero-order chi connectivity index (χ0) is 27.5. The summed E-state index contributed by atoms with van der Waals surface area (Å²) in [6, 6.07) is 9.19. The zero-order valence-corrected chi connectivity index (χ0v) is 23.3. The third-order valence-electron chi connectivity index (χ3n) is 5.96. The molecular weight excluding hydrogens is 496 g/mol. The van der Waals surface area contributed by atoms with E-state index in [4.69, 9.17) is 14.2 Å². The molecule has 1 aliphatic rings. The van der Waals surface area contributed by atoms with Crippen LogP contribution in [0.2, 0.25) is 0 Å². The fraction of sp³-hybridized carbons (Fsp3) is 0.481. The van der Waals surface area contributed by atoms with E-state index in [1.165, 1.54) is 12.0 Å². The van der Waals surface area contributed by atoms with Gasteiger partial charge in [-0.3, -0.25) is 0 Å². The minimum Gasteiger partial charge on any atom is -0.491 e. The van der Waals surface area contributed by atoms with Crippen LogP contribution in [-0.2, 0) is 19.5 Å². The lowest BCUT2D eigenvalue weighted by Gasteiger charge is -2.28. The maximum Gasteiger partial charge on any atom is 0.410 e. The topological polar surface area (TPSA) is 111 Å². The Morgan fingerprint density at radius 1 is 1.05 bits per heavy atom. The van der Waals surface area contributed by atoms with Crippen LogP contribution < -0.4 is 9.46 Å². The Morgan fingerprint density at radius 2 is 1.65 bits per heavy atom. The summed E-state index contributed by atoms with van der Waals surface area (Å²) in [5.41, 5.74) is 2.01. The number of hydrogen-bond donors (Lipinski definition) is 1. The molecule has 202 valence electrons. The second-order valence-electron chi connectivity index (χ2n) is 10.4. The van der Waals surface area contributed by atoms with Crippen molar-refractivity contribution in [3.63, 3.8) is 0 Å². The summed E-state index contributed by atoms with van der Waals surface area (Å²) >= 11 is 0. The summed E-state index contributed by atoms with van der Waals surface area (Å²) in [4.78, 5) is 26.4. The van der Waals surface area contributed by atoms with Crippen LogP contribution in [0.5, 0.6) is 5.75 Å². The van der Waals surface area contributed by atoms with E-state index < -0.39 is 39.8 Å². The molecule has 37 heavy (non-hydrogen) atoms. The molecule has 1 aliphatic heterocycles. The summed E-state index contributed by atoms with van der Waals surface area (Å²) in [5, 5.41) is 0. The van der Waals surface area contributed by atoms with E-state index in [9.17, 15) is 18.0 Å². The van der Waals surface area contributed by atoms with E-state index in [2.05, 4.69) is 4.72 Å². The number of nitrogens with zero attached hydrogens (tertiary/aromatic N) is 1. The molecular formula is C27H36N2O7S. The number of aryl methyl sites for hydroxylation is 3. The van der Waals surface area contributed by atoms with E-state index in [1.807, 2.05) is 19.1 Å². The molecule has 2 aromatic carbocycles. The summed E-state index contributed by atoms with van der Waals surface area (Å²) in [5.74, 6) is 0.0550. The van der Waals surface area contributed by atoms with E-state index in [0.717, 1.165) is 5.56 Å². The van der Waals surface area contributed by atoms with Crippen LogP contribution in [0, 0.1) is 20.8 Å². The summed E-state index contributed by atoms with van der Waals surface area (Å²) in [6.45, 7) is 11.1. The first-order chi connectivity index (χ1) is 17.2. The molecule has 1 heterocycles. The second-order valence-corrected chi connectivity index (χ2v) is 12.0. The van der Waals surface area contributed by atoms with Gasteiger partial charge in [0.1, 0.15) is 18.0 Å². The molecule has 9 nitrogen and oxygen atoms in total. The average Bonchev–Trinajstić information content (AvgIpc) is 3.17. The largest absolute Gasteiger partial charge is 0.491 e. The summed E-state index contributed by atoms with van der Waals surface area (Å²) in [6.07, 6.45) is -0.186. The Labute approximate surface area is 219 Å². The average molecular weight is 533 g/mol. The summed E-state index contributed by atoms with van der Waals surface area (Å²) in [7, 11) is -2.52. The highest BCUT2D eigenvalue weighted by Gasteiger charge is 2.40. The van der Waals surface area contributed by atoms with Crippen molar-refractivity contribution in [3.8, 4) is 5.75 Å². The van der Waals surface area contributed by atoms with Crippen LogP contribution in [0.3, 0.4) is 0 Å². The Kier molecular flexibility index (Phi) is 8.54. The van der Waals surface area contributed by atoms with Crippen molar-refractivity contribution in [2.45, 2.75) is 70.5 Å². The van der Waals surface area contributed by atoms with Gasteiger partial charge in [-0.25, -0.2) is 22.7 Å². The third kappa shape index (κ3) is 7.23. The van der Waals surface area contributed by atoms with E-state index in [1.54, 1.807) is 58.9 Å². The first-order valence-corrected chi connectivity index (χ1v) is 13.6. The molecule has 2 aromatic rings. The number of hydrogen-bond acceptors (Lipinski definition) is 7. The molecule has 0 unspecified atom stereocenters. The number of nitrogens with one attached hydrogen (secondary N) is 1. The van der Waals surface area contributed by atoms with Crippen molar-refractivity contribution in [2.24, 2.45) is 0 Å². The smallest absolute Gasteiger partial charge is 0.410 e. The standard InChI is InChI=1S/C27H36N2O7S/c1-17-12-18(2)24(19(3)13-17)37(32,33)28-21-14-22(29(15-21)26(31)36-27(4,5)6)16-35-23-10-8-20(9-11-23)25(30)34-7/h8-13,21-22,28H,14-16H2,1-7H3/t21-,22-/m0/s1. The van der Waals surface area contributed by atoms with Gasteiger partial charge in [0.2, 0.25) is 10.0 Å². The first kappa shape index (κ1) is 28.5. The van der Waals surface area contributed by atoms with Crippen LogP contribution in [0.1, 0.15) is 54.2 Å². The van der Waals surface area contributed by atoms with Crippen molar-refractivity contribution in [1.29, 1.82) is 0 Å². The number of ether oxygens (including phenoxy) is 3. The molecule has 1 amide bonds. The van der Waals surface area contributed by atoms with Crippen molar-refractivity contribution < 1.29 is 32.2 Å². The quantitative estimate of drug-likeness (QED) is 0.534.